The van der Waals surface area contributed by atoms with Crippen LogP contribution < -0.4 is 14.4 Å². The van der Waals surface area contributed by atoms with Gasteiger partial charge in [0.15, 0.2) is 8.32 Å². The van der Waals surface area contributed by atoms with Crippen LogP contribution in [0.2, 0.25) is 18.1 Å². The van der Waals surface area contributed by atoms with E-state index in [2.05, 4.69) is 46.0 Å². The van der Waals surface area contributed by atoms with Gasteiger partial charge in [-0.05, 0) is 98.8 Å². The molecular formula is C60H73F5N4O10Si. The molecule has 7 heterocycles. The van der Waals surface area contributed by atoms with Crippen molar-refractivity contribution in [1.82, 2.24) is 14.8 Å². The zero-order chi connectivity index (χ0) is 56.9. The first-order valence-electron chi connectivity index (χ1n) is 28.5. The number of methoxy groups -OCH3 is 3. The number of aromatic nitrogens is 1. The predicted molar refractivity (Wildman–Crippen MR) is 289 cm³/mol. The fourth-order valence-electron chi connectivity index (χ4n) is 16.8. The number of hydrogen-bond donors (Lipinski definition) is 3. The van der Waals surface area contributed by atoms with Gasteiger partial charge in [-0.25, -0.2) is 18.0 Å². The smallest absolute Gasteiger partial charge is 0.342 e. The second-order valence-corrected chi connectivity index (χ2v) is 28.1. The molecule has 0 radical (unpaired) electrons. The van der Waals surface area contributed by atoms with Crippen LogP contribution in [-0.4, -0.2) is 142 Å². The number of benzene rings is 3. The number of fused-ring (bicyclic) bond motifs is 6. The standard InChI is InChI=1S/C60H73F5N4O10Si/c1-7-56(73)31-35-32-59(54(71)76-5,50-37(20-24-68(33-35)34-56)36-17-10-11-18-40(36)66-50)39-29-38-41(30-42(39)75-4)67(3)52-58(38)22-25-69-23-16-21-57(8-2,51(58)69)53(60(52,74)55(72)77-6)79-80(26-13-9-14-27-80)28-15-12-19-43(70)78-49-47(64)45(62)44(61)46(63)48(49)65/h10-11,16-18,21,29-30,35,51-53,66,73-74H,7-9,12-15,19-20,22-28,31-34H2,1-6H3/t35-,51?,52+,53+,56-,57+,58+,59-,60-/m0/s1. The van der Waals surface area contributed by atoms with Crippen molar-refractivity contribution in [3.8, 4) is 11.5 Å². The maximum atomic E-state index is 15.6. The van der Waals surface area contributed by atoms with Crippen molar-refractivity contribution in [3.63, 3.8) is 0 Å². The van der Waals surface area contributed by atoms with Crippen LogP contribution in [0.25, 0.3) is 10.9 Å². The lowest BCUT2D eigenvalue weighted by Gasteiger charge is -2.65. The summed E-state index contributed by atoms with van der Waals surface area (Å²) in [4.78, 5) is 54.5. The number of anilines is 1. The number of likely N-dealkylation sites (N-methyl/N-ethyl adjacent to an activating group) is 1. The molecule has 432 valence electrons. The monoisotopic (exact) mass is 1130 g/mol. The second-order valence-electron chi connectivity index (χ2n) is 24.0. The Bertz CT molecular complexity index is 3130. The summed E-state index contributed by atoms with van der Waals surface area (Å²) in [5.74, 6) is -15.2. The molecule has 10 atom stereocenters. The highest BCUT2D eigenvalue weighted by Gasteiger charge is 2.80. The van der Waals surface area contributed by atoms with Crippen molar-refractivity contribution in [1.29, 1.82) is 0 Å². The van der Waals surface area contributed by atoms with Gasteiger partial charge in [0.25, 0.3) is 0 Å². The molecule has 11 rings (SSSR count). The number of ether oxygens (including phenoxy) is 4. The van der Waals surface area contributed by atoms with E-state index in [1.165, 1.54) is 14.2 Å². The third kappa shape index (κ3) is 8.32. The van der Waals surface area contributed by atoms with Gasteiger partial charge in [-0.15, -0.1) is 0 Å². The van der Waals surface area contributed by atoms with Gasteiger partial charge < -0.3 is 43.5 Å². The average molecular weight is 1130 g/mol. The zero-order valence-electron chi connectivity index (χ0n) is 46.5. The van der Waals surface area contributed by atoms with Gasteiger partial charge >= 0.3 is 17.9 Å². The Morgan fingerprint density at radius 1 is 0.838 bits per heavy atom. The summed E-state index contributed by atoms with van der Waals surface area (Å²) in [5.41, 5.74) is -2.12. The number of hydrogen-bond acceptors (Lipinski definition) is 13. The largest absolute Gasteiger partial charge is 0.496 e. The minimum atomic E-state index is -3.02. The van der Waals surface area contributed by atoms with E-state index in [1.54, 1.807) is 7.11 Å². The van der Waals surface area contributed by atoms with E-state index in [1.807, 2.05) is 43.1 Å². The first-order valence-corrected chi connectivity index (χ1v) is 31.0. The number of carbonyl (C=O) groups is 3. The summed E-state index contributed by atoms with van der Waals surface area (Å²) in [6.07, 6.45) is 8.62. The number of aromatic amines is 1. The lowest BCUT2D eigenvalue weighted by Crippen LogP contribution is -2.82. The summed E-state index contributed by atoms with van der Waals surface area (Å²) in [6, 6.07) is 12.6. The van der Waals surface area contributed by atoms with Crippen molar-refractivity contribution in [3.05, 3.63) is 100 Å². The molecule has 1 saturated carbocycles. The number of esters is 3. The van der Waals surface area contributed by atoms with E-state index in [0.717, 1.165) is 41.3 Å². The molecule has 4 aromatic rings. The summed E-state index contributed by atoms with van der Waals surface area (Å²) in [5, 5.41) is 27.4. The lowest BCUT2D eigenvalue weighted by molar-refractivity contribution is -0.214. The van der Waals surface area contributed by atoms with Gasteiger partial charge in [-0.2, -0.15) is 8.78 Å². The number of para-hydroxylation sites is 1. The number of carbonyl (C=O) groups excluding carboxylic acids is 3. The van der Waals surface area contributed by atoms with Crippen molar-refractivity contribution in [2.24, 2.45) is 11.3 Å². The van der Waals surface area contributed by atoms with Gasteiger partial charge in [0.05, 0.1) is 39.1 Å². The van der Waals surface area contributed by atoms with Crippen LogP contribution in [-0.2, 0) is 45.5 Å². The number of halogens is 5. The fourth-order valence-corrected chi connectivity index (χ4v) is 21.5. The van der Waals surface area contributed by atoms with Gasteiger partial charge in [0.1, 0.15) is 11.2 Å². The van der Waals surface area contributed by atoms with Gasteiger partial charge in [-0.1, -0.05) is 69.9 Å². The van der Waals surface area contributed by atoms with Gasteiger partial charge in [-0.3, -0.25) is 19.4 Å². The van der Waals surface area contributed by atoms with Gasteiger partial charge in [0, 0.05) is 90.4 Å². The minimum absolute atomic E-state index is 0.132. The van der Waals surface area contributed by atoms with E-state index in [0.29, 0.717) is 112 Å². The third-order valence-corrected chi connectivity index (χ3v) is 24.6. The van der Waals surface area contributed by atoms with E-state index >= 15 is 9.59 Å². The number of rotatable bonds is 14. The highest BCUT2D eigenvalue weighted by Crippen LogP contribution is 2.69. The van der Waals surface area contributed by atoms with Crippen LogP contribution in [0.3, 0.4) is 0 Å². The molecule has 2 bridgehead atoms. The highest BCUT2D eigenvalue weighted by molar-refractivity contribution is 6.74. The Labute approximate surface area is 464 Å². The molecule has 1 spiro atoms. The Kier molecular flexibility index (Phi) is 14.7. The number of nitrogens with zero attached hydrogens (tertiary/aromatic N) is 3. The number of nitrogens with one attached hydrogen (secondary N) is 1. The van der Waals surface area contributed by atoms with E-state index in [4.69, 9.17) is 23.4 Å². The number of piperidine rings is 1. The van der Waals surface area contributed by atoms with Gasteiger partial charge in [0.2, 0.25) is 40.4 Å². The molecule has 7 aliphatic rings. The molecule has 3 saturated heterocycles. The predicted octanol–water partition coefficient (Wildman–Crippen LogP) is 9.05. The molecule has 1 aromatic heterocycles. The van der Waals surface area contributed by atoms with Crippen molar-refractivity contribution >= 4 is 42.8 Å². The van der Waals surface area contributed by atoms with Crippen LogP contribution in [0.5, 0.6) is 11.5 Å². The Morgan fingerprint density at radius 3 is 2.24 bits per heavy atom. The van der Waals surface area contributed by atoms with Crippen LogP contribution in [0.15, 0.2) is 48.6 Å². The summed E-state index contributed by atoms with van der Waals surface area (Å²) in [7, 11) is 3.14. The molecule has 4 fully saturated rings. The Morgan fingerprint density at radius 2 is 1.55 bits per heavy atom. The minimum Gasteiger partial charge on any atom is -0.496 e. The molecule has 3 N–H and O–H groups in total. The Balaban J connectivity index is 1.03. The lowest BCUT2D eigenvalue weighted by atomic mass is 9.47. The summed E-state index contributed by atoms with van der Waals surface area (Å²) < 4.78 is 102. The summed E-state index contributed by atoms with van der Waals surface area (Å²) >= 11 is 0. The fraction of sp³-hybridized carbons (Fsp3) is 0.583. The molecule has 80 heavy (non-hydrogen) atoms. The first-order chi connectivity index (χ1) is 38.3. The molecular weight excluding hydrogens is 1060 g/mol. The van der Waals surface area contributed by atoms with Crippen LogP contribution in [0.4, 0.5) is 27.6 Å². The average Bonchev–Trinajstić information content (AvgIpc) is 3.85. The maximum absolute atomic E-state index is 15.6. The Hall–Kier alpha value is -5.38. The van der Waals surface area contributed by atoms with E-state index in [-0.39, 0.29) is 24.8 Å². The van der Waals surface area contributed by atoms with Crippen molar-refractivity contribution < 1.29 is 69.9 Å². The highest BCUT2D eigenvalue weighted by atomic mass is 28.4. The third-order valence-electron chi connectivity index (χ3n) is 20.1. The number of H-pyrrole nitrogens is 1. The topological polar surface area (TPSA) is 163 Å². The zero-order valence-corrected chi connectivity index (χ0v) is 47.5. The van der Waals surface area contributed by atoms with E-state index in [9.17, 15) is 37.0 Å². The normalized spacial score (nSPS) is 32.2. The summed E-state index contributed by atoms with van der Waals surface area (Å²) in [6.45, 7) is 7.10. The van der Waals surface area contributed by atoms with Crippen molar-refractivity contribution in [2.75, 3.05) is 66.0 Å². The van der Waals surface area contributed by atoms with Crippen molar-refractivity contribution in [2.45, 2.75) is 149 Å². The molecule has 14 nitrogen and oxygen atoms in total. The van der Waals surface area contributed by atoms with Crippen LogP contribution in [0.1, 0.15) is 107 Å². The molecule has 3 aromatic carbocycles. The SMILES string of the molecule is CC[C@]1(O)C[C@@H]2CN(CCc3c([nH]c4ccccc34)[C@@](C(=O)OC)(c3cc4c(cc3OC)N(C)[C@H]3[C@@](O)(C(=O)OC)[C@H](O[Si]5(CCCCC(=O)Oc6c(F)c(F)c(F)c(F)c6F)CCCCC5)[C@]5(CC)C=CCN6CC[C@]43C65)C2)C1. The molecule has 20 heteroatoms. The first kappa shape index (κ1) is 56.5. The molecule has 1 aliphatic carbocycles. The molecule has 0 amide bonds. The molecule has 2 unspecified atom stereocenters. The number of aliphatic hydroxyl groups is 2. The quantitative estimate of drug-likeness (QED) is 0.0160. The molecule has 6 aliphatic heterocycles. The van der Waals surface area contributed by atoms with Crippen LogP contribution in [0, 0.1) is 40.4 Å². The number of unbranched alkanes of at least 4 members (excludes halogenated alkanes) is 1. The second kappa shape index (κ2) is 20.8. The van der Waals surface area contributed by atoms with Crippen LogP contribution >= 0.6 is 0 Å². The van der Waals surface area contributed by atoms with E-state index < -0.39 is 107 Å². The maximum Gasteiger partial charge on any atom is 0.342 e.